The summed E-state index contributed by atoms with van der Waals surface area (Å²) in [5.74, 6) is -17.3. The Morgan fingerprint density at radius 2 is 1.15 bits per heavy atom. The van der Waals surface area contributed by atoms with Crippen molar-refractivity contribution in [3.05, 3.63) is 119 Å². The van der Waals surface area contributed by atoms with Crippen LogP contribution in [0.2, 0.25) is 0 Å². The van der Waals surface area contributed by atoms with Crippen LogP contribution in [-0.4, -0.2) is 306 Å². The van der Waals surface area contributed by atoms with Crippen molar-refractivity contribution >= 4 is 150 Å². The molecule has 0 radical (unpaired) electrons. The van der Waals surface area contributed by atoms with E-state index in [4.69, 9.17) is 22.6 Å². The molecule has 3 fully saturated rings. The Morgan fingerprint density at radius 1 is 0.559 bits per heavy atom. The third-order valence-corrected chi connectivity index (χ3v) is 26.6. The second-order valence-corrected chi connectivity index (χ2v) is 37.1. The van der Waals surface area contributed by atoms with Crippen molar-refractivity contribution in [2.45, 2.75) is 248 Å². The lowest BCUT2D eigenvalue weighted by atomic mass is 10.00. The van der Waals surface area contributed by atoms with E-state index in [-0.39, 0.29) is 108 Å². The number of aliphatic hydroxyl groups excluding tert-OH is 1. The molecule has 3 saturated heterocycles. The van der Waals surface area contributed by atoms with E-state index in [2.05, 4.69) is 73.4 Å². The number of guanidine groups is 1. The largest absolute Gasteiger partial charge is 0.508 e. The molecule has 17 amide bonds. The maximum absolute atomic E-state index is 15.8. The van der Waals surface area contributed by atoms with Gasteiger partial charge in [-0.3, -0.25) is 86.9 Å². The molecule has 9 rings (SSSR count). The van der Waals surface area contributed by atoms with Crippen molar-refractivity contribution in [2.75, 3.05) is 58.9 Å². The molecule has 6 aromatic rings. The topological polar surface area (TPSA) is 626 Å². The number of carbonyl (C=O) groups excluding carboxylic acids is 17. The smallest absolute Gasteiger partial charge is 0.246 e. The molecule has 22 N–H and O–H groups in total. The van der Waals surface area contributed by atoms with Crippen LogP contribution in [0.15, 0.2) is 96.9 Å². The molecule has 3 aliphatic rings. The Bertz CT molecular complexity index is 5250. The molecule has 738 valence electrons. The van der Waals surface area contributed by atoms with Crippen LogP contribution in [0, 0.1) is 11.3 Å². The summed E-state index contributed by atoms with van der Waals surface area (Å²) in [7, 11) is 3.95. The summed E-state index contributed by atoms with van der Waals surface area (Å²) in [5, 5.41) is 62.0. The van der Waals surface area contributed by atoms with Crippen LogP contribution < -0.4 is 75.7 Å². The second kappa shape index (κ2) is 50.9. The van der Waals surface area contributed by atoms with Crippen LogP contribution in [0.25, 0.3) is 21.0 Å². The number of carbonyl (C=O) groups is 17. The number of phenols is 1. The van der Waals surface area contributed by atoms with Gasteiger partial charge in [-0.05, 0) is 129 Å². The maximum atomic E-state index is 15.8. The Morgan fingerprint density at radius 3 is 1.80 bits per heavy atom. The van der Waals surface area contributed by atoms with Gasteiger partial charge in [0, 0.05) is 105 Å². The first-order chi connectivity index (χ1) is 64.8. The number of thiophene rings is 1. The molecular weight excluding hydrogens is 1800 g/mol. The van der Waals surface area contributed by atoms with Crippen LogP contribution in [0.1, 0.15) is 154 Å². The lowest BCUT2D eigenvalue weighted by Crippen LogP contribution is -2.62. The number of thioether (sulfide) groups is 1. The average Bonchev–Trinajstić information content (AvgIpc) is 1.68. The molecule has 15 atom stereocenters. The third-order valence-electron chi connectivity index (χ3n) is 24.6. The molecule has 0 bridgehead atoms. The summed E-state index contributed by atoms with van der Waals surface area (Å²) in [6.07, 6.45) is 4.62. The minimum absolute atomic E-state index is 0.00486. The zero-order chi connectivity index (χ0) is 99.3. The van der Waals surface area contributed by atoms with Gasteiger partial charge in [-0.1, -0.05) is 102 Å². The molecule has 1 unspecified atom stereocenters. The van der Waals surface area contributed by atoms with Gasteiger partial charge in [0.05, 0.1) is 31.7 Å². The number of hydrogen-bond acceptors (Lipinski definition) is 23. The monoisotopic (exact) mass is 1920 g/mol. The fourth-order valence-electron chi connectivity index (χ4n) is 17.0. The molecule has 0 spiro atoms. The predicted molar refractivity (Wildman–Crippen MR) is 507 cm³/mol. The van der Waals surface area contributed by atoms with Crippen molar-refractivity contribution in [1.82, 2.24) is 97.9 Å². The van der Waals surface area contributed by atoms with Gasteiger partial charge in [0.2, 0.25) is 100 Å². The molecule has 3 aromatic heterocycles. The molecule has 136 heavy (non-hydrogen) atoms. The summed E-state index contributed by atoms with van der Waals surface area (Å²) in [6, 6.07) is -1.93. The summed E-state index contributed by atoms with van der Waals surface area (Å²) in [5.41, 5.74) is 19.4. The number of likely N-dealkylation sites (N-methyl/N-ethyl adjacent to an activating group) is 3. The summed E-state index contributed by atoms with van der Waals surface area (Å²) >= 11 is 2.13. The van der Waals surface area contributed by atoms with Gasteiger partial charge in [-0.2, -0.15) is 0 Å². The number of benzene rings is 3. The van der Waals surface area contributed by atoms with Gasteiger partial charge < -0.3 is 120 Å². The predicted octanol–water partition coefficient (Wildman–Crippen LogP) is -0.778. The number of aromatic hydroxyl groups is 1. The number of imidazole rings is 1. The maximum Gasteiger partial charge on any atom is 0.246 e. The van der Waals surface area contributed by atoms with Gasteiger partial charge in [0.15, 0.2) is 5.96 Å². The minimum atomic E-state index is -1.84. The summed E-state index contributed by atoms with van der Waals surface area (Å²) in [6.45, 7) is 8.40. The van der Waals surface area contributed by atoms with E-state index in [9.17, 15) is 43.8 Å². The van der Waals surface area contributed by atoms with Gasteiger partial charge in [-0.15, -0.1) is 23.1 Å². The highest BCUT2D eigenvalue weighted by molar-refractivity contribution is 8.00. The molecule has 6 heterocycles. The summed E-state index contributed by atoms with van der Waals surface area (Å²) in [4.78, 5) is 267. The molecule has 44 heteroatoms. The number of aliphatic hydroxyl groups is 1. The van der Waals surface area contributed by atoms with E-state index in [0.29, 0.717) is 59.0 Å². The number of aromatic nitrogens is 3. The van der Waals surface area contributed by atoms with Crippen LogP contribution in [0.3, 0.4) is 0 Å². The normalized spacial score (nSPS) is 24.7. The second-order valence-electron chi connectivity index (χ2n) is 35.2. The number of H-pyrrole nitrogens is 2. The lowest BCUT2D eigenvalue weighted by molar-refractivity contribution is -0.149. The van der Waals surface area contributed by atoms with Crippen molar-refractivity contribution in [2.24, 2.45) is 23.1 Å². The van der Waals surface area contributed by atoms with Crippen molar-refractivity contribution < 1.29 is 91.7 Å². The quantitative estimate of drug-likeness (QED) is 0.0180. The van der Waals surface area contributed by atoms with Gasteiger partial charge in [-0.25, -0.2) is 4.98 Å². The third kappa shape index (κ3) is 29.4. The standard InChI is InChI=1S/C92H129N23O19S2/c1-10-12-24-70-84(127)103-61(23-18-34-98-92(95)96)80(123)110-69(79(122)100-44-76(94)119)47-135-48-77(120)102-65(37-53-29-31-57(117)32-30-53)87(130)111(7)52(6)78(121)106-67(41-75(93)118)90(133)115-51(5)28-33-72(115)86(129)105-63(40-56-43-97-49-101-56)82(125)107-64(36-50(3)4)89(132)114-35-19-26-71(114)85(128)104-62(38-54-42-99-60-22-16-14-20-58(54)60)81(124)109-68(45-116)83(126)108-66(39-55-46-136-74-27-17-15-21-59(55)74)88(131)113(9)73(25-13-11-2)91(134)112(70)8/h14-17,20-22,27,29-32,42-43,46,49-52,61-73,99,116-117H,10-13,18-19,23-26,28,33-41,44-45,47-48H2,1-9H3,(H2,93,118)(H2,94,119)(H,97,101)(H,100,122)(H,102,120)(H,103,127)(H,104,128)(H,105,129)(H,106,121)(H,107,125)(H,108,126)(H,109,124)(H,110,123)(H4,95,96,98)/t51-,52-,61-,62-,63-,64-,65-,66-,67-,68-,69?,70-,71-,72-,73-/m0/s1. The van der Waals surface area contributed by atoms with Crippen LogP contribution in [-0.2, 0) is 107 Å². The number of unbranched alkanes of at least 4 members (excludes halogenated alkanes) is 2. The zero-order valence-corrected chi connectivity index (χ0v) is 79.6. The fourth-order valence-corrected chi connectivity index (χ4v) is 18.8. The van der Waals surface area contributed by atoms with Gasteiger partial charge >= 0.3 is 0 Å². The van der Waals surface area contributed by atoms with Crippen molar-refractivity contribution in [3.8, 4) is 5.75 Å². The Balaban J connectivity index is 1.10. The highest BCUT2D eigenvalue weighted by Crippen LogP contribution is 2.31. The van der Waals surface area contributed by atoms with E-state index in [0.717, 1.165) is 36.5 Å². The van der Waals surface area contributed by atoms with Crippen LogP contribution >= 0.6 is 23.1 Å². The van der Waals surface area contributed by atoms with Crippen molar-refractivity contribution in [1.29, 1.82) is 5.41 Å². The number of aromatic amines is 2. The number of fused-ring (bicyclic) bond motifs is 4. The summed E-state index contributed by atoms with van der Waals surface area (Å²) < 4.78 is 0.825. The van der Waals surface area contributed by atoms with Crippen LogP contribution in [0.4, 0.5) is 0 Å². The Hall–Kier alpha value is -13.3. The minimum Gasteiger partial charge on any atom is -0.508 e. The molecule has 0 saturated carbocycles. The molecule has 0 aliphatic carbocycles. The number of phenolic OH excluding ortho intramolecular Hbond substituents is 1. The van der Waals surface area contributed by atoms with E-state index in [1.807, 2.05) is 32.0 Å². The van der Waals surface area contributed by atoms with E-state index in [1.165, 1.54) is 86.0 Å². The highest BCUT2D eigenvalue weighted by atomic mass is 32.2. The number of nitrogens with two attached hydrogens (primary N) is 3. The number of amides is 17. The Kier molecular flexibility index (Phi) is 39.8. The van der Waals surface area contributed by atoms with E-state index < -0.39 is 228 Å². The number of rotatable bonds is 26. The first kappa shape index (κ1) is 106. The number of nitrogens with zero attached hydrogens (tertiary/aromatic N) is 6. The number of para-hydroxylation sites is 1. The van der Waals surface area contributed by atoms with Crippen molar-refractivity contribution in [3.63, 3.8) is 0 Å². The lowest BCUT2D eigenvalue weighted by Gasteiger charge is -2.36. The zero-order valence-electron chi connectivity index (χ0n) is 78.0. The van der Waals surface area contributed by atoms with Gasteiger partial charge in [0.1, 0.15) is 90.3 Å². The highest BCUT2D eigenvalue weighted by Gasteiger charge is 2.47. The fraction of sp³-hybridized carbons (Fsp3) is 0.533. The van der Waals surface area contributed by atoms with Gasteiger partial charge in [0.25, 0.3) is 0 Å². The number of nitrogens with one attached hydrogen (secondary N) is 14. The number of primary amides is 2. The van der Waals surface area contributed by atoms with Crippen LogP contribution in [0.5, 0.6) is 5.75 Å². The molecular formula is C92H129N23O19S2. The number of hydrogen-bond donors (Lipinski definition) is 19. The average molecular weight is 1930 g/mol. The molecule has 3 aliphatic heterocycles. The van der Waals surface area contributed by atoms with E-state index >= 15 is 47.9 Å². The molecule has 42 nitrogen and oxygen atoms in total. The Labute approximate surface area is 796 Å². The SMILES string of the molecule is CCCC[C@H]1C(=O)N(C)[C@@H](CCCC)C(=O)N[C@@H](CCCNC(=N)N)C(=O)NC(C(=O)NCC(N)=O)CSCC(=O)N[C@@H](Cc2ccc(O)cc2)C(=O)N(C)[C@@H](C)C(=O)N[C@@H](CC(N)=O)C(=O)N2[C@@H](C)CC[C@H]2C(=O)N[C@@H](Cc2cnc[nH]2)C(=O)N[C@@H](CC(C)C)C(=O)N2CCC[C@H]2C(=O)N[C@@H](Cc2c[nH]c3ccccc23)C(=O)N[C@@H](CO)C(=O)N[C@@H](Cc2csc3ccccc23)C(=O)N1C. The first-order valence-electron chi connectivity index (χ1n) is 45.8. The van der Waals surface area contributed by atoms with E-state index in [1.54, 1.807) is 62.7 Å². The first-order valence-corrected chi connectivity index (χ1v) is 47.9. The molecule has 3 aromatic carbocycles.